The van der Waals surface area contributed by atoms with Crippen LogP contribution in [-0.4, -0.2) is 11.5 Å². The van der Waals surface area contributed by atoms with Crippen LogP contribution < -0.4 is 0 Å². The lowest BCUT2D eigenvalue weighted by atomic mass is 10.2. The van der Waals surface area contributed by atoms with E-state index in [0.29, 0.717) is 0 Å². The van der Waals surface area contributed by atoms with Crippen molar-refractivity contribution in [2.24, 2.45) is 0 Å². The molecule has 1 aromatic carbocycles. The standard InChI is InChI=1S/C11H14S2.CH4/c1-3-10-7-11(4-1)9-13-6-2-5-12-8-10;/h1,3-4,7H,2,5-6,8-9H2;1H4. The van der Waals surface area contributed by atoms with Gasteiger partial charge >= 0.3 is 0 Å². The Morgan fingerprint density at radius 3 is 2.07 bits per heavy atom. The molecule has 2 bridgehead atoms. The first kappa shape index (κ1) is 12.0. The Bertz CT molecular complexity index is 248. The lowest BCUT2D eigenvalue weighted by Crippen LogP contribution is -1.92. The highest BCUT2D eigenvalue weighted by Crippen LogP contribution is 2.21. The second-order valence-electron chi connectivity index (χ2n) is 3.28. The van der Waals surface area contributed by atoms with Crippen LogP contribution in [0, 0.1) is 0 Å². The van der Waals surface area contributed by atoms with Crippen molar-refractivity contribution in [3.8, 4) is 0 Å². The molecule has 0 nitrogen and oxygen atoms in total. The van der Waals surface area contributed by atoms with Crippen molar-refractivity contribution in [3.05, 3.63) is 35.4 Å². The van der Waals surface area contributed by atoms with Crippen molar-refractivity contribution in [1.29, 1.82) is 0 Å². The van der Waals surface area contributed by atoms with E-state index in [1.165, 1.54) is 40.6 Å². The van der Waals surface area contributed by atoms with Crippen LogP contribution in [0.25, 0.3) is 0 Å². The summed E-state index contributed by atoms with van der Waals surface area (Å²) in [5.74, 6) is 5.02. The topological polar surface area (TPSA) is 0 Å². The molecule has 0 aromatic heterocycles. The summed E-state index contributed by atoms with van der Waals surface area (Å²) >= 11 is 4.12. The van der Waals surface area contributed by atoms with Crippen LogP contribution in [0.1, 0.15) is 25.0 Å². The van der Waals surface area contributed by atoms with Crippen molar-refractivity contribution in [3.63, 3.8) is 0 Å². The molecule has 1 aliphatic heterocycles. The van der Waals surface area contributed by atoms with Crippen LogP contribution in [0.4, 0.5) is 0 Å². The third-order valence-electron chi connectivity index (χ3n) is 2.11. The molecule has 0 amide bonds. The fourth-order valence-electron chi connectivity index (χ4n) is 1.45. The molecule has 0 aliphatic carbocycles. The maximum absolute atomic E-state index is 2.35. The molecule has 0 atom stereocenters. The van der Waals surface area contributed by atoms with Crippen LogP contribution in [0.15, 0.2) is 24.3 Å². The molecule has 0 N–H and O–H groups in total. The van der Waals surface area contributed by atoms with E-state index in [-0.39, 0.29) is 7.43 Å². The van der Waals surface area contributed by atoms with Gasteiger partial charge in [-0.2, -0.15) is 23.5 Å². The van der Waals surface area contributed by atoms with Crippen molar-refractivity contribution < 1.29 is 0 Å². The average molecular weight is 226 g/mol. The third-order valence-corrected chi connectivity index (χ3v) is 4.34. The normalized spacial score (nSPS) is 16.9. The molecule has 14 heavy (non-hydrogen) atoms. The first-order valence-corrected chi connectivity index (χ1v) is 6.99. The zero-order chi connectivity index (χ0) is 8.93. The van der Waals surface area contributed by atoms with Gasteiger partial charge in [-0.15, -0.1) is 0 Å². The van der Waals surface area contributed by atoms with E-state index in [4.69, 9.17) is 0 Å². The lowest BCUT2D eigenvalue weighted by Gasteiger charge is -2.08. The van der Waals surface area contributed by atoms with Gasteiger partial charge < -0.3 is 0 Å². The monoisotopic (exact) mass is 226 g/mol. The zero-order valence-corrected chi connectivity index (χ0v) is 9.29. The van der Waals surface area contributed by atoms with Gasteiger partial charge in [0.25, 0.3) is 0 Å². The van der Waals surface area contributed by atoms with E-state index >= 15 is 0 Å². The Hall–Kier alpha value is -0.0800. The van der Waals surface area contributed by atoms with E-state index < -0.39 is 0 Å². The maximum atomic E-state index is 2.35. The van der Waals surface area contributed by atoms with Crippen molar-refractivity contribution in [1.82, 2.24) is 0 Å². The molecular formula is C12H18S2. The Kier molecular flexibility index (Phi) is 5.49. The van der Waals surface area contributed by atoms with Gasteiger partial charge in [-0.25, -0.2) is 0 Å². The number of thioether (sulfide) groups is 2. The quantitative estimate of drug-likeness (QED) is 0.650. The predicted molar refractivity (Wildman–Crippen MR) is 70.1 cm³/mol. The fraction of sp³-hybridized carbons (Fsp3) is 0.500. The summed E-state index contributed by atoms with van der Waals surface area (Å²) in [5.41, 5.74) is 2.98. The van der Waals surface area contributed by atoms with Gasteiger partial charge in [-0.3, -0.25) is 0 Å². The summed E-state index contributed by atoms with van der Waals surface area (Å²) in [6.07, 6.45) is 1.36. The number of hydrogen-bond acceptors (Lipinski definition) is 2. The van der Waals surface area contributed by atoms with Crippen LogP contribution >= 0.6 is 23.5 Å². The SMILES string of the molecule is C.c1cc2cc(c1)CSCCCSC2. The van der Waals surface area contributed by atoms with Gasteiger partial charge in [-0.05, 0) is 29.1 Å². The van der Waals surface area contributed by atoms with Gasteiger partial charge in [0.15, 0.2) is 0 Å². The first-order chi connectivity index (χ1) is 6.45. The molecule has 1 aromatic rings. The maximum Gasteiger partial charge on any atom is 0.0184 e. The van der Waals surface area contributed by atoms with Gasteiger partial charge in [0, 0.05) is 11.5 Å². The average Bonchev–Trinajstić information content (AvgIpc) is 2.17. The third kappa shape index (κ3) is 3.58. The van der Waals surface area contributed by atoms with E-state index in [1.54, 1.807) is 0 Å². The second kappa shape index (κ2) is 6.41. The fourth-order valence-corrected chi connectivity index (χ4v) is 3.45. The Morgan fingerprint density at radius 1 is 0.929 bits per heavy atom. The molecule has 0 saturated heterocycles. The highest BCUT2D eigenvalue weighted by Gasteiger charge is 2.00. The minimum atomic E-state index is 0. The number of fused-ring (bicyclic) bond motifs is 2. The highest BCUT2D eigenvalue weighted by molar-refractivity contribution is 7.99. The van der Waals surface area contributed by atoms with E-state index in [1.807, 2.05) is 0 Å². The molecule has 0 unspecified atom stereocenters. The highest BCUT2D eigenvalue weighted by atomic mass is 32.2. The van der Waals surface area contributed by atoms with Gasteiger partial charge in [0.2, 0.25) is 0 Å². The molecule has 1 heterocycles. The number of benzene rings is 1. The van der Waals surface area contributed by atoms with E-state index in [9.17, 15) is 0 Å². The summed E-state index contributed by atoms with van der Waals surface area (Å²) in [6, 6.07) is 9.02. The van der Waals surface area contributed by atoms with Crippen LogP contribution in [0.2, 0.25) is 0 Å². The minimum absolute atomic E-state index is 0. The van der Waals surface area contributed by atoms with Crippen molar-refractivity contribution in [2.75, 3.05) is 11.5 Å². The largest absolute Gasteiger partial charge is 0.157 e. The van der Waals surface area contributed by atoms with Crippen LogP contribution in [-0.2, 0) is 11.5 Å². The molecule has 1 aliphatic rings. The van der Waals surface area contributed by atoms with Crippen molar-refractivity contribution >= 4 is 23.5 Å². The van der Waals surface area contributed by atoms with Gasteiger partial charge in [0.1, 0.15) is 0 Å². The van der Waals surface area contributed by atoms with Gasteiger partial charge in [-0.1, -0.05) is 31.7 Å². The Balaban J connectivity index is 0.000000980. The minimum Gasteiger partial charge on any atom is -0.157 e. The van der Waals surface area contributed by atoms with E-state index in [0.717, 1.165) is 0 Å². The molecular weight excluding hydrogens is 208 g/mol. The van der Waals surface area contributed by atoms with E-state index in [2.05, 4.69) is 47.8 Å². The summed E-state index contributed by atoms with van der Waals surface area (Å²) in [7, 11) is 0. The van der Waals surface area contributed by atoms with Gasteiger partial charge in [0.05, 0.1) is 0 Å². The molecule has 0 spiro atoms. The summed E-state index contributed by atoms with van der Waals surface area (Å²) < 4.78 is 0. The lowest BCUT2D eigenvalue weighted by molar-refractivity contribution is 1.11. The molecule has 0 fully saturated rings. The molecule has 2 rings (SSSR count). The zero-order valence-electron chi connectivity index (χ0n) is 7.66. The Morgan fingerprint density at radius 2 is 1.50 bits per heavy atom. The molecule has 78 valence electrons. The predicted octanol–water partition coefficient (Wildman–Crippen LogP) is 4.19. The smallest absolute Gasteiger partial charge is 0.0184 e. The van der Waals surface area contributed by atoms with Crippen LogP contribution in [0.5, 0.6) is 0 Å². The first-order valence-electron chi connectivity index (χ1n) is 4.68. The summed E-state index contributed by atoms with van der Waals surface area (Å²) in [6.45, 7) is 0. The second-order valence-corrected chi connectivity index (χ2v) is 5.49. The molecule has 0 radical (unpaired) electrons. The van der Waals surface area contributed by atoms with Crippen molar-refractivity contribution in [2.45, 2.75) is 25.4 Å². The number of rotatable bonds is 0. The Labute approximate surface area is 95.9 Å². The summed E-state index contributed by atoms with van der Waals surface area (Å²) in [5, 5.41) is 0. The number of hydrogen-bond donors (Lipinski definition) is 0. The van der Waals surface area contributed by atoms with Crippen LogP contribution in [0.3, 0.4) is 0 Å². The summed E-state index contributed by atoms with van der Waals surface area (Å²) in [4.78, 5) is 0. The molecule has 2 heteroatoms. The molecule has 0 saturated carbocycles.